The van der Waals surface area contributed by atoms with E-state index in [0.29, 0.717) is 0 Å². The Balaban J connectivity index is 1.14. The molecule has 0 N–H and O–H groups in total. The van der Waals surface area contributed by atoms with E-state index in [2.05, 4.69) is 223 Å². The van der Waals surface area contributed by atoms with E-state index in [0.717, 1.165) is 55.7 Å². The molecule has 58 heavy (non-hydrogen) atoms. The molecule has 0 unspecified atom stereocenters. The molecule has 0 fully saturated rings. The summed E-state index contributed by atoms with van der Waals surface area (Å²) in [4.78, 5) is 2.41. The highest BCUT2D eigenvalue weighted by atomic mass is 16.3. The first kappa shape index (κ1) is 33.6. The van der Waals surface area contributed by atoms with Crippen molar-refractivity contribution < 1.29 is 4.42 Å². The summed E-state index contributed by atoms with van der Waals surface area (Å²) >= 11 is 0. The molecule has 11 rings (SSSR count). The van der Waals surface area contributed by atoms with Crippen LogP contribution in [0.25, 0.3) is 88.0 Å². The van der Waals surface area contributed by atoms with Crippen molar-refractivity contribution in [2.45, 2.75) is 0 Å². The Morgan fingerprint density at radius 3 is 1.59 bits per heavy atom. The van der Waals surface area contributed by atoms with Gasteiger partial charge in [0.25, 0.3) is 0 Å². The molecule has 272 valence electrons. The number of anilines is 3. The maximum Gasteiger partial charge on any atom is 0.145 e. The monoisotopic (exact) mass is 739 g/mol. The van der Waals surface area contributed by atoms with Crippen LogP contribution in [0, 0.1) is 0 Å². The Labute approximate surface area is 337 Å². The maximum absolute atomic E-state index is 6.78. The summed E-state index contributed by atoms with van der Waals surface area (Å²) in [5.74, 6) is 0. The second-order valence-corrected chi connectivity index (χ2v) is 14.9. The minimum atomic E-state index is 0.869. The quantitative estimate of drug-likeness (QED) is 0.151. The molecule has 1 heterocycles. The van der Waals surface area contributed by atoms with Crippen molar-refractivity contribution in [2.24, 2.45) is 0 Å². The molecule has 0 amide bonds. The second kappa shape index (κ2) is 14.1. The third-order valence-corrected chi connectivity index (χ3v) is 11.5. The van der Waals surface area contributed by atoms with E-state index in [9.17, 15) is 0 Å². The van der Waals surface area contributed by atoms with E-state index in [1.165, 1.54) is 49.4 Å². The van der Waals surface area contributed by atoms with Gasteiger partial charge in [-0.05, 0) is 109 Å². The van der Waals surface area contributed by atoms with Crippen molar-refractivity contribution in [3.8, 4) is 44.5 Å². The predicted molar refractivity (Wildman–Crippen MR) is 245 cm³/mol. The first-order valence-electron chi connectivity index (χ1n) is 19.8. The Bertz CT molecular complexity index is 3260. The molecular weight excluding hydrogens is 703 g/mol. The predicted octanol–water partition coefficient (Wildman–Crippen LogP) is 16.0. The van der Waals surface area contributed by atoms with Crippen LogP contribution in [0.2, 0.25) is 0 Å². The lowest BCUT2D eigenvalue weighted by atomic mass is 9.91. The molecule has 0 radical (unpaired) electrons. The average Bonchev–Trinajstić information content (AvgIpc) is 3.70. The van der Waals surface area contributed by atoms with Crippen LogP contribution in [-0.2, 0) is 0 Å². The lowest BCUT2D eigenvalue weighted by molar-refractivity contribution is 0.670. The molecule has 0 saturated heterocycles. The van der Waals surface area contributed by atoms with Gasteiger partial charge in [-0.3, -0.25) is 0 Å². The first-order chi connectivity index (χ1) is 28.8. The van der Waals surface area contributed by atoms with Crippen LogP contribution in [-0.4, -0.2) is 0 Å². The number of nitrogens with zero attached hydrogens (tertiary/aromatic N) is 1. The zero-order valence-corrected chi connectivity index (χ0v) is 31.7. The summed E-state index contributed by atoms with van der Waals surface area (Å²) in [6, 6.07) is 80.6. The molecule has 0 aliphatic rings. The normalized spacial score (nSPS) is 11.4. The van der Waals surface area contributed by atoms with Crippen LogP contribution in [0.3, 0.4) is 0 Å². The Hall–Kier alpha value is -7.68. The number of hydrogen-bond acceptors (Lipinski definition) is 2. The SMILES string of the molecule is c1ccc(-c2ccc(-c3ccccc3)c(-c3ccc(N(c4ccc5ccc6ccccc6c5c4)c4ccc(-c5ccccc5)c5oc6ccccc6c45)cc3)c2)cc1. The average molecular weight is 740 g/mol. The smallest absolute Gasteiger partial charge is 0.145 e. The number of hydrogen-bond donors (Lipinski definition) is 0. The number of rotatable bonds is 7. The third-order valence-electron chi connectivity index (χ3n) is 11.5. The highest BCUT2D eigenvalue weighted by Gasteiger charge is 2.23. The summed E-state index contributed by atoms with van der Waals surface area (Å²) in [7, 11) is 0. The summed E-state index contributed by atoms with van der Waals surface area (Å²) in [5.41, 5.74) is 14.3. The van der Waals surface area contributed by atoms with Gasteiger partial charge >= 0.3 is 0 Å². The van der Waals surface area contributed by atoms with Gasteiger partial charge in [-0.15, -0.1) is 0 Å². The summed E-state index contributed by atoms with van der Waals surface area (Å²) in [5, 5.41) is 7.07. The standard InChI is InChI=1S/C56H37NO/c1-4-14-38(15-5-1)44-29-33-48(39-16-6-2-7-17-39)51(36-44)43-26-30-45(31-27-43)57(46-32-28-42-25-24-41-20-10-11-21-47(41)52(42)37-46)53-35-34-49(40-18-8-3-9-19-40)56-55(53)50-22-12-13-23-54(50)58-56/h1-37H. The Morgan fingerprint density at radius 2 is 0.845 bits per heavy atom. The largest absolute Gasteiger partial charge is 0.455 e. The highest BCUT2D eigenvalue weighted by molar-refractivity contribution is 6.17. The fourth-order valence-electron chi connectivity index (χ4n) is 8.65. The van der Waals surface area contributed by atoms with Crippen LogP contribution in [0.15, 0.2) is 229 Å². The third kappa shape index (κ3) is 5.82. The molecule has 1 aromatic heterocycles. The highest BCUT2D eigenvalue weighted by Crippen LogP contribution is 2.47. The number of fused-ring (bicyclic) bond motifs is 6. The van der Waals surface area contributed by atoms with E-state index in [-0.39, 0.29) is 0 Å². The molecule has 0 atom stereocenters. The fraction of sp³-hybridized carbons (Fsp3) is 0. The van der Waals surface area contributed by atoms with Gasteiger partial charge < -0.3 is 9.32 Å². The molecule has 0 spiro atoms. The lowest BCUT2D eigenvalue weighted by Crippen LogP contribution is -2.10. The van der Waals surface area contributed by atoms with E-state index >= 15 is 0 Å². The van der Waals surface area contributed by atoms with Crippen molar-refractivity contribution in [3.63, 3.8) is 0 Å². The van der Waals surface area contributed by atoms with Crippen LogP contribution in [0.1, 0.15) is 0 Å². The van der Waals surface area contributed by atoms with E-state index < -0.39 is 0 Å². The number of benzene rings is 10. The molecule has 0 aliphatic carbocycles. The van der Waals surface area contributed by atoms with E-state index in [1.807, 2.05) is 6.07 Å². The summed E-state index contributed by atoms with van der Waals surface area (Å²) < 4.78 is 6.78. The van der Waals surface area contributed by atoms with Gasteiger partial charge in [-0.1, -0.05) is 176 Å². The fourth-order valence-corrected chi connectivity index (χ4v) is 8.65. The number of furan rings is 1. The minimum absolute atomic E-state index is 0.869. The minimum Gasteiger partial charge on any atom is -0.455 e. The molecule has 0 bridgehead atoms. The van der Waals surface area contributed by atoms with Crippen molar-refractivity contribution in [1.82, 2.24) is 0 Å². The van der Waals surface area contributed by atoms with Gasteiger partial charge in [0.1, 0.15) is 11.2 Å². The summed E-state index contributed by atoms with van der Waals surface area (Å²) in [6.07, 6.45) is 0. The zero-order chi connectivity index (χ0) is 38.4. The van der Waals surface area contributed by atoms with Crippen molar-refractivity contribution in [3.05, 3.63) is 224 Å². The van der Waals surface area contributed by atoms with Crippen molar-refractivity contribution >= 4 is 60.5 Å². The second-order valence-electron chi connectivity index (χ2n) is 14.9. The molecule has 11 aromatic rings. The molecule has 10 aromatic carbocycles. The molecular formula is C56H37NO. The zero-order valence-electron chi connectivity index (χ0n) is 31.7. The van der Waals surface area contributed by atoms with E-state index in [1.54, 1.807) is 0 Å². The van der Waals surface area contributed by atoms with E-state index in [4.69, 9.17) is 4.42 Å². The Kier molecular flexibility index (Phi) is 8.19. The van der Waals surface area contributed by atoms with Gasteiger partial charge in [-0.2, -0.15) is 0 Å². The van der Waals surface area contributed by atoms with Gasteiger partial charge in [0.2, 0.25) is 0 Å². The van der Waals surface area contributed by atoms with Crippen LogP contribution < -0.4 is 4.90 Å². The van der Waals surface area contributed by atoms with Gasteiger partial charge in [-0.25, -0.2) is 0 Å². The van der Waals surface area contributed by atoms with Gasteiger partial charge in [0.05, 0.1) is 11.1 Å². The summed E-state index contributed by atoms with van der Waals surface area (Å²) in [6.45, 7) is 0. The van der Waals surface area contributed by atoms with Crippen molar-refractivity contribution in [2.75, 3.05) is 4.90 Å². The van der Waals surface area contributed by atoms with Crippen LogP contribution >= 0.6 is 0 Å². The van der Waals surface area contributed by atoms with Gasteiger partial charge in [0, 0.05) is 22.3 Å². The molecule has 0 aliphatic heterocycles. The first-order valence-corrected chi connectivity index (χ1v) is 19.8. The maximum atomic E-state index is 6.78. The topological polar surface area (TPSA) is 16.4 Å². The molecule has 0 saturated carbocycles. The molecule has 2 nitrogen and oxygen atoms in total. The van der Waals surface area contributed by atoms with Crippen LogP contribution in [0.5, 0.6) is 0 Å². The van der Waals surface area contributed by atoms with Crippen molar-refractivity contribution in [1.29, 1.82) is 0 Å². The van der Waals surface area contributed by atoms with Crippen LogP contribution in [0.4, 0.5) is 17.1 Å². The van der Waals surface area contributed by atoms with Gasteiger partial charge in [0.15, 0.2) is 0 Å². The Morgan fingerprint density at radius 1 is 0.310 bits per heavy atom. The lowest BCUT2D eigenvalue weighted by Gasteiger charge is -2.27. The molecule has 2 heteroatoms. The number of para-hydroxylation sites is 1.